The zero-order valence-electron chi connectivity index (χ0n) is 11.1. The third-order valence-corrected chi connectivity index (χ3v) is 3.60. The van der Waals surface area contributed by atoms with E-state index < -0.39 is 0 Å². The average Bonchev–Trinajstić information content (AvgIpc) is 2.47. The van der Waals surface area contributed by atoms with Gasteiger partial charge in [-0.2, -0.15) is 0 Å². The molecule has 0 radical (unpaired) electrons. The third-order valence-electron chi connectivity index (χ3n) is 3.11. The zero-order chi connectivity index (χ0) is 14.5. The molecule has 0 aliphatic rings. The molecule has 0 aromatic heterocycles. The minimum Gasteiger partial charge on any atom is -0.497 e. The summed E-state index contributed by atoms with van der Waals surface area (Å²) in [4.78, 5) is 0. The molecule has 0 fully saturated rings. The van der Waals surface area contributed by atoms with Crippen molar-refractivity contribution >= 4 is 15.9 Å². The van der Waals surface area contributed by atoms with Crippen LogP contribution in [-0.2, 0) is 6.42 Å². The molecule has 20 heavy (non-hydrogen) atoms. The zero-order valence-corrected chi connectivity index (χ0v) is 12.7. The number of hydrazine groups is 1. The molecule has 0 spiro atoms. The topological polar surface area (TPSA) is 47.3 Å². The van der Waals surface area contributed by atoms with Crippen LogP contribution in [0.2, 0.25) is 0 Å². The highest BCUT2D eigenvalue weighted by Gasteiger charge is 2.15. The maximum absolute atomic E-state index is 13.9. The Morgan fingerprint density at radius 3 is 2.80 bits per heavy atom. The van der Waals surface area contributed by atoms with Crippen LogP contribution in [0, 0.1) is 5.82 Å². The Bertz CT molecular complexity index is 592. The van der Waals surface area contributed by atoms with Crippen molar-refractivity contribution in [3.05, 3.63) is 63.9 Å². The maximum Gasteiger partial charge on any atom is 0.128 e. The molecule has 0 aliphatic carbocycles. The Labute approximate surface area is 126 Å². The molecule has 0 saturated carbocycles. The Kier molecular flexibility index (Phi) is 5.11. The molecule has 0 amide bonds. The lowest BCUT2D eigenvalue weighted by Crippen LogP contribution is -2.30. The molecule has 2 aromatic rings. The molecule has 0 heterocycles. The summed E-state index contributed by atoms with van der Waals surface area (Å²) in [6.45, 7) is 0. The number of nitrogens with two attached hydrogens (primary N) is 1. The van der Waals surface area contributed by atoms with Gasteiger partial charge in [0.2, 0.25) is 0 Å². The van der Waals surface area contributed by atoms with E-state index in [0.717, 1.165) is 15.8 Å². The average molecular weight is 339 g/mol. The van der Waals surface area contributed by atoms with Crippen LogP contribution >= 0.6 is 15.9 Å². The van der Waals surface area contributed by atoms with Crippen molar-refractivity contribution in [3.63, 3.8) is 0 Å². The summed E-state index contributed by atoms with van der Waals surface area (Å²) >= 11 is 3.35. The van der Waals surface area contributed by atoms with Crippen molar-refractivity contribution in [2.24, 2.45) is 5.84 Å². The number of ether oxygens (including phenoxy) is 1. The van der Waals surface area contributed by atoms with E-state index in [-0.39, 0.29) is 11.9 Å². The highest BCUT2D eigenvalue weighted by molar-refractivity contribution is 9.10. The summed E-state index contributed by atoms with van der Waals surface area (Å²) in [5.41, 5.74) is 4.22. The highest BCUT2D eigenvalue weighted by atomic mass is 79.9. The first-order valence-corrected chi connectivity index (χ1v) is 6.97. The van der Waals surface area contributed by atoms with E-state index in [1.165, 1.54) is 6.07 Å². The summed E-state index contributed by atoms with van der Waals surface area (Å²) in [6, 6.07) is 12.2. The molecule has 1 unspecified atom stereocenters. The molecule has 0 bridgehead atoms. The van der Waals surface area contributed by atoms with E-state index in [4.69, 9.17) is 10.6 Å². The molecule has 2 aromatic carbocycles. The molecule has 3 nitrogen and oxygen atoms in total. The first kappa shape index (κ1) is 15.0. The highest BCUT2D eigenvalue weighted by Crippen LogP contribution is 2.25. The summed E-state index contributed by atoms with van der Waals surface area (Å²) in [7, 11) is 1.62. The van der Waals surface area contributed by atoms with Gasteiger partial charge in [-0.3, -0.25) is 11.3 Å². The van der Waals surface area contributed by atoms with Gasteiger partial charge in [-0.15, -0.1) is 0 Å². The minimum atomic E-state index is -0.306. The van der Waals surface area contributed by atoms with Crippen LogP contribution in [0.25, 0.3) is 0 Å². The number of hydrogen-bond donors (Lipinski definition) is 2. The van der Waals surface area contributed by atoms with Crippen molar-refractivity contribution < 1.29 is 9.13 Å². The Hall–Kier alpha value is -1.43. The van der Waals surface area contributed by atoms with Gasteiger partial charge in [0.25, 0.3) is 0 Å². The van der Waals surface area contributed by atoms with Gasteiger partial charge >= 0.3 is 0 Å². The fraction of sp³-hybridized carbons (Fsp3) is 0.200. The lowest BCUT2D eigenvalue weighted by molar-refractivity contribution is 0.413. The predicted octanol–water partition coefficient (Wildman–Crippen LogP) is 3.34. The SMILES string of the molecule is COc1cccc(CC(NN)c2cc(Br)ccc2F)c1. The maximum atomic E-state index is 13.9. The molecule has 3 N–H and O–H groups in total. The van der Waals surface area contributed by atoms with Gasteiger partial charge < -0.3 is 4.74 Å². The second kappa shape index (κ2) is 6.83. The van der Waals surface area contributed by atoms with E-state index in [1.54, 1.807) is 19.2 Å². The van der Waals surface area contributed by atoms with E-state index in [1.807, 2.05) is 24.3 Å². The molecule has 0 aliphatic heterocycles. The fourth-order valence-corrected chi connectivity index (χ4v) is 2.45. The van der Waals surface area contributed by atoms with E-state index in [2.05, 4.69) is 21.4 Å². The van der Waals surface area contributed by atoms with Gasteiger partial charge in [0.05, 0.1) is 13.2 Å². The Morgan fingerprint density at radius 1 is 1.30 bits per heavy atom. The normalized spacial score (nSPS) is 12.2. The van der Waals surface area contributed by atoms with Crippen molar-refractivity contribution in [2.75, 3.05) is 7.11 Å². The van der Waals surface area contributed by atoms with Crippen molar-refractivity contribution in [2.45, 2.75) is 12.5 Å². The quantitative estimate of drug-likeness (QED) is 0.649. The van der Waals surface area contributed by atoms with Crippen LogP contribution in [0.4, 0.5) is 4.39 Å². The van der Waals surface area contributed by atoms with Crippen LogP contribution < -0.4 is 16.0 Å². The first-order valence-electron chi connectivity index (χ1n) is 6.18. The van der Waals surface area contributed by atoms with Crippen LogP contribution in [-0.4, -0.2) is 7.11 Å². The van der Waals surface area contributed by atoms with Crippen molar-refractivity contribution in [1.29, 1.82) is 0 Å². The van der Waals surface area contributed by atoms with Gasteiger partial charge in [0, 0.05) is 10.0 Å². The van der Waals surface area contributed by atoms with Gasteiger partial charge in [-0.05, 0) is 42.3 Å². The van der Waals surface area contributed by atoms with Gasteiger partial charge in [0.1, 0.15) is 11.6 Å². The van der Waals surface area contributed by atoms with Crippen LogP contribution in [0.15, 0.2) is 46.9 Å². The smallest absolute Gasteiger partial charge is 0.128 e. The Morgan fingerprint density at radius 2 is 2.10 bits per heavy atom. The molecule has 106 valence electrons. The van der Waals surface area contributed by atoms with E-state index in [0.29, 0.717) is 12.0 Å². The second-order valence-electron chi connectivity index (χ2n) is 4.44. The monoisotopic (exact) mass is 338 g/mol. The number of hydrogen-bond acceptors (Lipinski definition) is 3. The van der Waals surface area contributed by atoms with Gasteiger partial charge in [-0.1, -0.05) is 28.1 Å². The number of methoxy groups -OCH3 is 1. The number of nitrogens with one attached hydrogen (secondary N) is 1. The summed E-state index contributed by atoms with van der Waals surface area (Å²) < 4.78 is 19.9. The van der Waals surface area contributed by atoms with Crippen LogP contribution in [0.5, 0.6) is 5.75 Å². The molecule has 2 rings (SSSR count). The first-order chi connectivity index (χ1) is 9.63. The van der Waals surface area contributed by atoms with E-state index in [9.17, 15) is 4.39 Å². The Balaban J connectivity index is 2.26. The van der Waals surface area contributed by atoms with Crippen molar-refractivity contribution in [1.82, 2.24) is 5.43 Å². The largest absolute Gasteiger partial charge is 0.497 e. The van der Waals surface area contributed by atoms with Crippen LogP contribution in [0.3, 0.4) is 0 Å². The second-order valence-corrected chi connectivity index (χ2v) is 5.36. The van der Waals surface area contributed by atoms with Gasteiger partial charge in [0.15, 0.2) is 0 Å². The summed E-state index contributed by atoms with van der Waals surface area (Å²) in [5, 5.41) is 0. The molecule has 5 heteroatoms. The summed E-state index contributed by atoms with van der Waals surface area (Å²) in [6.07, 6.45) is 0.571. The minimum absolute atomic E-state index is 0.279. The molecular weight excluding hydrogens is 323 g/mol. The van der Waals surface area contributed by atoms with Crippen LogP contribution in [0.1, 0.15) is 17.2 Å². The lowest BCUT2D eigenvalue weighted by Gasteiger charge is -2.18. The van der Waals surface area contributed by atoms with Gasteiger partial charge in [-0.25, -0.2) is 4.39 Å². The predicted molar refractivity (Wildman–Crippen MR) is 80.9 cm³/mol. The molecular formula is C15H16BrFN2O. The van der Waals surface area contributed by atoms with E-state index >= 15 is 0 Å². The fourth-order valence-electron chi connectivity index (χ4n) is 2.08. The summed E-state index contributed by atoms with van der Waals surface area (Å²) in [5.74, 6) is 6.07. The molecule has 1 atom stereocenters. The molecule has 0 saturated heterocycles. The number of halogens is 2. The standard InChI is InChI=1S/C15H16BrFN2O/c1-20-12-4-2-3-10(7-12)8-15(19-18)13-9-11(16)5-6-14(13)17/h2-7,9,15,19H,8,18H2,1H3. The van der Waals surface area contributed by atoms with Crippen molar-refractivity contribution in [3.8, 4) is 5.75 Å². The lowest BCUT2D eigenvalue weighted by atomic mass is 9.99. The number of benzene rings is 2. The third kappa shape index (κ3) is 3.56. The number of rotatable bonds is 5.